The Balaban J connectivity index is 0.00000378. The third-order valence-electron chi connectivity index (χ3n) is 11.6. The van der Waals surface area contributed by atoms with Crippen molar-refractivity contribution < 1.29 is 191 Å². The second-order valence-corrected chi connectivity index (χ2v) is 22.3. The van der Waals surface area contributed by atoms with Crippen LogP contribution in [0.2, 0.25) is 0 Å². The topological polar surface area (TPSA) is 442 Å². The van der Waals surface area contributed by atoms with Crippen LogP contribution in [0.1, 0.15) is 11.1 Å². The van der Waals surface area contributed by atoms with E-state index in [9.17, 15) is 72.3 Å². The number of aliphatic hydroxyl groups excluding tert-OH is 4. The fourth-order valence-electron chi connectivity index (χ4n) is 8.15. The zero-order valence-corrected chi connectivity index (χ0v) is 56.4. The second kappa shape index (κ2) is 31.2. The minimum atomic E-state index is -5.33. The summed E-state index contributed by atoms with van der Waals surface area (Å²) < 4.78 is 149. The molecule has 0 aliphatic heterocycles. The van der Waals surface area contributed by atoms with Crippen LogP contribution in [0.3, 0.4) is 0 Å². The zero-order chi connectivity index (χ0) is 57.6. The van der Waals surface area contributed by atoms with Gasteiger partial charge in [0.15, 0.2) is 0 Å². The van der Waals surface area contributed by atoms with E-state index in [2.05, 4.69) is 51.2 Å². The molecule has 0 aliphatic rings. The molecule has 0 saturated heterocycles. The molecule has 0 saturated carbocycles. The summed E-state index contributed by atoms with van der Waals surface area (Å²) in [4.78, 5) is 26.4. The average Bonchev–Trinajstić information content (AvgIpc) is 3.57. The Morgan fingerprint density at radius 3 is 0.976 bits per heavy atom. The van der Waals surface area contributed by atoms with E-state index in [1.807, 2.05) is 0 Å². The van der Waals surface area contributed by atoms with Gasteiger partial charge in [0, 0.05) is 70.5 Å². The number of benzene rings is 6. The van der Waals surface area contributed by atoms with E-state index in [0.29, 0.717) is 0 Å². The van der Waals surface area contributed by atoms with Gasteiger partial charge >= 0.3 is 118 Å². The third kappa shape index (κ3) is 18.2. The van der Waals surface area contributed by atoms with Gasteiger partial charge in [0.25, 0.3) is 0 Å². The Bertz CT molecular complexity index is 3890. The van der Waals surface area contributed by atoms with Gasteiger partial charge in [-0.05, 0) is 59.7 Å². The summed E-state index contributed by atoms with van der Waals surface area (Å²) in [6, 6.07) is 23.8. The molecular formula is C48H44N12Na4O16S4. The normalized spacial score (nSPS) is 11.7. The van der Waals surface area contributed by atoms with E-state index in [-0.39, 0.29) is 236 Å². The number of rotatable bonds is 24. The van der Waals surface area contributed by atoms with Crippen molar-refractivity contribution in [1.29, 1.82) is 0 Å². The molecule has 420 valence electrons. The van der Waals surface area contributed by atoms with Crippen molar-refractivity contribution in [3.63, 3.8) is 0 Å². The molecule has 0 bridgehead atoms. The monoisotopic (exact) mass is 1260 g/mol. The summed E-state index contributed by atoms with van der Waals surface area (Å²) in [6.45, 7) is -1.94. The van der Waals surface area contributed by atoms with Gasteiger partial charge in [0.05, 0.1) is 46.0 Å². The summed E-state index contributed by atoms with van der Waals surface area (Å²) in [6.07, 6.45) is 2.14. The van der Waals surface area contributed by atoms with Crippen molar-refractivity contribution in [1.82, 2.24) is 29.9 Å². The van der Waals surface area contributed by atoms with Crippen molar-refractivity contribution in [2.45, 2.75) is 19.6 Å². The van der Waals surface area contributed by atoms with E-state index in [1.54, 1.807) is 12.1 Å². The van der Waals surface area contributed by atoms with Crippen LogP contribution in [0.25, 0.3) is 33.7 Å². The molecule has 0 atom stereocenters. The van der Waals surface area contributed by atoms with Crippen LogP contribution in [0, 0.1) is 0 Å². The molecule has 8 aromatic rings. The molecule has 2 aromatic heterocycles. The summed E-state index contributed by atoms with van der Waals surface area (Å²) >= 11 is 0. The Kier molecular flexibility index (Phi) is 26.9. The van der Waals surface area contributed by atoms with Crippen LogP contribution in [-0.2, 0) is 40.5 Å². The molecule has 8 rings (SSSR count). The van der Waals surface area contributed by atoms with Gasteiger partial charge in [0.1, 0.15) is 40.5 Å². The van der Waals surface area contributed by atoms with Crippen molar-refractivity contribution in [2.24, 2.45) is 0 Å². The first kappa shape index (κ1) is 72.4. The molecule has 0 fully saturated rings. The minimum absolute atomic E-state index is 0. The number of nitrogens with zero attached hydrogens (tertiary/aromatic N) is 8. The molecule has 2 heterocycles. The fourth-order valence-corrected chi connectivity index (χ4v) is 10.9. The van der Waals surface area contributed by atoms with Crippen LogP contribution in [0.15, 0.2) is 129 Å². The van der Waals surface area contributed by atoms with Crippen molar-refractivity contribution in [2.75, 3.05) is 83.7 Å². The number of aromatic nitrogens is 6. The quantitative estimate of drug-likeness (QED) is 0.0158. The van der Waals surface area contributed by atoms with Crippen molar-refractivity contribution in [3.05, 3.63) is 120 Å². The molecule has 28 nitrogen and oxygen atoms in total. The molecule has 0 radical (unpaired) electrons. The molecule has 0 aliphatic carbocycles. The number of hydrogen-bond acceptors (Lipinski definition) is 28. The first-order valence-corrected chi connectivity index (χ1v) is 29.0. The second-order valence-electron chi connectivity index (χ2n) is 16.9. The van der Waals surface area contributed by atoms with Gasteiger partial charge in [0.2, 0.25) is 35.7 Å². The maximum atomic E-state index is 12.8. The minimum Gasteiger partial charge on any atom is -0.744 e. The van der Waals surface area contributed by atoms with E-state index in [1.165, 1.54) is 82.6 Å². The van der Waals surface area contributed by atoms with Crippen LogP contribution in [-0.4, -0.2) is 155 Å². The predicted octanol–water partition coefficient (Wildman–Crippen LogP) is -9.28. The standard InChI is InChI=1S/C48H48N12O16S4.4Na/c61-23-19-59(20-24-62)47-55-43(53-45(57-47)51-37-15-17-39(77(65,66)67)35-7-3-1-5-33(35)37)49-31-13-11-29(41(27-31)79(71,72)73)9-10-30-12-14-32(28-42(30)80(74,75)76)50-44-54-46(58-48(56-44)60(21-25-63)22-26-64)52-38-16-18-40(78(68,69)70)36-8-4-2-6-34(36)38;;;;/h1-18,27-28,61-64H,19-26H2,(H,65,66,67)(H,68,69,70)(H,71,72,73)(H,74,75,76)(H2,49,51,53,55,57)(H2,50,52,54,56,58);;;;/q;4*+1/p-4. The molecule has 84 heavy (non-hydrogen) atoms. The van der Waals surface area contributed by atoms with E-state index in [4.69, 9.17) is 0 Å². The largest absolute Gasteiger partial charge is 1.00 e. The molecule has 36 heteroatoms. The fraction of sp³-hybridized carbons (Fsp3) is 0.167. The summed E-state index contributed by atoms with van der Waals surface area (Å²) in [7, 11) is -20.4. The van der Waals surface area contributed by atoms with E-state index in [0.717, 1.165) is 36.4 Å². The molecular weight excluding hydrogens is 1220 g/mol. The molecule has 6 aromatic carbocycles. The Labute approximate surface area is 569 Å². The maximum Gasteiger partial charge on any atom is 1.00 e. The molecule has 0 spiro atoms. The zero-order valence-electron chi connectivity index (χ0n) is 45.1. The molecule has 0 amide bonds. The predicted molar refractivity (Wildman–Crippen MR) is 287 cm³/mol. The smallest absolute Gasteiger partial charge is 0.744 e. The van der Waals surface area contributed by atoms with Gasteiger partial charge in [-0.2, -0.15) is 29.9 Å². The third-order valence-corrected chi connectivity index (χ3v) is 15.2. The summed E-state index contributed by atoms with van der Waals surface area (Å²) in [5.74, 6) is -1.16. The molecule has 8 N–H and O–H groups in total. The van der Waals surface area contributed by atoms with Crippen LogP contribution in [0.5, 0.6) is 0 Å². The van der Waals surface area contributed by atoms with Crippen LogP contribution < -0.4 is 149 Å². The maximum absolute atomic E-state index is 12.8. The van der Waals surface area contributed by atoms with Gasteiger partial charge in [-0.1, -0.05) is 72.8 Å². The summed E-state index contributed by atoms with van der Waals surface area (Å²) in [5.41, 5.74) is -0.219. The first-order valence-electron chi connectivity index (χ1n) is 23.3. The number of hydrogen-bond donors (Lipinski definition) is 8. The van der Waals surface area contributed by atoms with E-state index >= 15 is 0 Å². The number of anilines is 10. The van der Waals surface area contributed by atoms with E-state index < -0.39 is 86.5 Å². The Morgan fingerprint density at radius 2 is 0.679 bits per heavy atom. The van der Waals surface area contributed by atoms with Crippen LogP contribution in [0.4, 0.5) is 58.4 Å². The van der Waals surface area contributed by atoms with Gasteiger partial charge < -0.3 is 69.7 Å². The van der Waals surface area contributed by atoms with Crippen LogP contribution >= 0.6 is 0 Å². The van der Waals surface area contributed by atoms with Gasteiger partial charge in [-0.3, -0.25) is 0 Å². The van der Waals surface area contributed by atoms with Gasteiger partial charge in [-0.25, -0.2) is 33.7 Å². The molecule has 0 unspecified atom stereocenters. The summed E-state index contributed by atoms with van der Waals surface area (Å²) in [5, 5.41) is 51.3. The van der Waals surface area contributed by atoms with Gasteiger partial charge in [-0.15, -0.1) is 0 Å². The average molecular weight is 1270 g/mol. The van der Waals surface area contributed by atoms with Crippen molar-refractivity contribution in [3.8, 4) is 0 Å². The Hall–Kier alpha value is -4.12. The first-order chi connectivity index (χ1) is 38.0. The Morgan fingerprint density at radius 1 is 0.381 bits per heavy atom. The number of nitrogens with one attached hydrogen (secondary N) is 4. The SMILES string of the molecule is O=S(=O)([O-])c1cc(Nc2nc(Nc3ccc(S(=O)(=O)[O-])c4ccccc34)nc(N(CCO)CCO)n2)ccc1C=Cc1ccc(Nc2nc(Nc3ccc(S(=O)(=O)[O-])c4ccccc34)nc(N(CCO)CCO)n2)cc1S(=O)(=O)[O-].[Na+].[Na+].[Na+].[Na+]. The number of aliphatic hydroxyl groups is 4. The van der Waals surface area contributed by atoms with Crippen molar-refractivity contribution >= 4 is 133 Å². The number of fused-ring (bicyclic) bond motifs is 2.